The molecule has 18 heavy (non-hydrogen) atoms. The summed E-state index contributed by atoms with van der Waals surface area (Å²) >= 11 is 0. The van der Waals surface area contributed by atoms with Crippen molar-refractivity contribution in [3.63, 3.8) is 0 Å². The molecule has 4 heteroatoms. The molecule has 0 aromatic heterocycles. The molecule has 1 aromatic rings. The van der Waals surface area contributed by atoms with Crippen LogP contribution in [0.2, 0.25) is 0 Å². The molecule has 0 bridgehead atoms. The van der Waals surface area contributed by atoms with E-state index in [1.54, 1.807) is 0 Å². The quantitative estimate of drug-likeness (QED) is 0.796. The van der Waals surface area contributed by atoms with Crippen LogP contribution in [0.4, 0.5) is 11.4 Å². The highest BCUT2D eigenvalue weighted by Gasteiger charge is 2.29. The van der Waals surface area contributed by atoms with Crippen molar-refractivity contribution in [1.82, 2.24) is 0 Å². The van der Waals surface area contributed by atoms with Gasteiger partial charge in [-0.1, -0.05) is 13.0 Å². The first-order chi connectivity index (χ1) is 8.65. The van der Waals surface area contributed by atoms with Gasteiger partial charge in [0, 0.05) is 30.0 Å². The van der Waals surface area contributed by atoms with Gasteiger partial charge in [0.15, 0.2) is 6.10 Å². The third kappa shape index (κ3) is 1.86. The number of rotatable bonds is 1. The number of benzene rings is 1. The molecule has 2 aliphatic rings. The van der Waals surface area contributed by atoms with Crippen molar-refractivity contribution in [2.24, 2.45) is 5.92 Å². The van der Waals surface area contributed by atoms with E-state index in [9.17, 15) is 9.90 Å². The van der Waals surface area contributed by atoms with Gasteiger partial charge < -0.3 is 15.3 Å². The Morgan fingerprint density at radius 2 is 2.28 bits per heavy atom. The zero-order valence-electron chi connectivity index (χ0n) is 10.5. The Balaban J connectivity index is 1.87. The van der Waals surface area contributed by atoms with Gasteiger partial charge >= 0.3 is 0 Å². The highest BCUT2D eigenvalue weighted by atomic mass is 16.3. The van der Waals surface area contributed by atoms with Crippen LogP contribution in [0.25, 0.3) is 0 Å². The van der Waals surface area contributed by atoms with E-state index in [1.807, 2.05) is 18.2 Å². The molecule has 0 saturated carbocycles. The number of anilines is 2. The molecular formula is C14H18N2O2. The fraction of sp³-hybridized carbons (Fsp3) is 0.500. The summed E-state index contributed by atoms with van der Waals surface area (Å²) in [5, 5.41) is 12.4. The molecule has 0 spiro atoms. The average molecular weight is 246 g/mol. The van der Waals surface area contributed by atoms with Gasteiger partial charge in [-0.25, -0.2) is 0 Å². The van der Waals surface area contributed by atoms with Gasteiger partial charge in [0.05, 0.1) is 0 Å². The van der Waals surface area contributed by atoms with Crippen LogP contribution in [0.1, 0.15) is 31.4 Å². The SMILES string of the molecule is CC1CCCN(c2ccc3c(c2)NC(=O)C3O)C1. The second kappa shape index (κ2) is 4.28. The van der Waals surface area contributed by atoms with E-state index < -0.39 is 6.10 Å². The van der Waals surface area contributed by atoms with Crippen LogP contribution < -0.4 is 10.2 Å². The number of aliphatic hydroxyl groups is 1. The maximum absolute atomic E-state index is 11.4. The number of nitrogens with zero attached hydrogens (tertiary/aromatic N) is 1. The van der Waals surface area contributed by atoms with Crippen molar-refractivity contribution >= 4 is 17.3 Å². The van der Waals surface area contributed by atoms with E-state index in [4.69, 9.17) is 0 Å². The molecule has 2 N–H and O–H groups in total. The Hall–Kier alpha value is -1.55. The number of hydrogen-bond acceptors (Lipinski definition) is 3. The Bertz CT molecular complexity index is 487. The van der Waals surface area contributed by atoms with Crippen LogP contribution in [0.5, 0.6) is 0 Å². The number of carbonyl (C=O) groups excluding carboxylic acids is 1. The van der Waals surface area contributed by atoms with Gasteiger partial charge in [-0.2, -0.15) is 0 Å². The number of hydrogen-bond donors (Lipinski definition) is 2. The third-order valence-corrected chi connectivity index (χ3v) is 3.86. The summed E-state index contributed by atoms with van der Waals surface area (Å²) < 4.78 is 0. The predicted octanol–water partition coefficient (Wildman–Crippen LogP) is 1.91. The normalized spacial score (nSPS) is 27.0. The van der Waals surface area contributed by atoms with E-state index >= 15 is 0 Å². The third-order valence-electron chi connectivity index (χ3n) is 3.86. The molecule has 2 heterocycles. The summed E-state index contributed by atoms with van der Waals surface area (Å²) in [6.07, 6.45) is 1.50. The highest BCUT2D eigenvalue weighted by molar-refractivity contribution is 6.02. The molecule has 0 aliphatic carbocycles. The highest BCUT2D eigenvalue weighted by Crippen LogP contribution is 2.34. The summed E-state index contributed by atoms with van der Waals surface area (Å²) in [6, 6.07) is 5.83. The summed E-state index contributed by atoms with van der Waals surface area (Å²) in [4.78, 5) is 13.7. The summed E-state index contributed by atoms with van der Waals surface area (Å²) in [6.45, 7) is 4.40. The Morgan fingerprint density at radius 1 is 1.44 bits per heavy atom. The number of carbonyl (C=O) groups is 1. The number of fused-ring (bicyclic) bond motifs is 1. The van der Waals surface area contributed by atoms with Crippen LogP contribution in [-0.4, -0.2) is 24.1 Å². The minimum Gasteiger partial charge on any atom is -0.378 e. The largest absolute Gasteiger partial charge is 0.378 e. The van der Waals surface area contributed by atoms with Gasteiger partial charge in [0.25, 0.3) is 5.91 Å². The Kier molecular flexibility index (Phi) is 2.74. The molecule has 2 aliphatic heterocycles. The summed E-state index contributed by atoms with van der Waals surface area (Å²) in [7, 11) is 0. The first-order valence-corrected chi connectivity index (χ1v) is 6.53. The van der Waals surface area contributed by atoms with Crippen molar-refractivity contribution in [3.05, 3.63) is 23.8 Å². The predicted molar refractivity (Wildman–Crippen MR) is 70.6 cm³/mol. The van der Waals surface area contributed by atoms with Crippen LogP contribution in [-0.2, 0) is 4.79 Å². The van der Waals surface area contributed by atoms with Crippen LogP contribution >= 0.6 is 0 Å². The molecular weight excluding hydrogens is 228 g/mol. The lowest BCUT2D eigenvalue weighted by Crippen LogP contribution is -2.34. The minimum absolute atomic E-state index is 0.325. The fourth-order valence-corrected chi connectivity index (χ4v) is 2.85. The Labute approximate surface area is 107 Å². The lowest BCUT2D eigenvalue weighted by atomic mass is 9.99. The number of piperidine rings is 1. The van der Waals surface area contributed by atoms with Crippen LogP contribution in [0.15, 0.2) is 18.2 Å². The van der Waals surface area contributed by atoms with Gasteiger partial charge in [0.2, 0.25) is 0 Å². The minimum atomic E-state index is -1.01. The average Bonchev–Trinajstić information content (AvgIpc) is 2.65. The molecule has 1 aromatic carbocycles. The lowest BCUT2D eigenvalue weighted by Gasteiger charge is -2.33. The zero-order valence-corrected chi connectivity index (χ0v) is 10.5. The second-order valence-electron chi connectivity index (χ2n) is 5.36. The van der Waals surface area contributed by atoms with Gasteiger partial charge in [-0.15, -0.1) is 0 Å². The van der Waals surface area contributed by atoms with E-state index in [0.717, 1.165) is 24.5 Å². The summed E-state index contributed by atoms with van der Waals surface area (Å²) in [5.41, 5.74) is 2.58. The molecule has 2 atom stereocenters. The standard InChI is InChI=1S/C14H18N2O2/c1-9-3-2-6-16(8-9)10-4-5-11-12(7-10)15-14(18)13(11)17/h4-5,7,9,13,17H,2-3,6,8H2,1H3,(H,15,18). The fourth-order valence-electron chi connectivity index (χ4n) is 2.85. The molecule has 96 valence electrons. The number of aliphatic hydroxyl groups excluding tert-OH is 1. The first-order valence-electron chi connectivity index (χ1n) is 6.53. The second-order valence-corrected chi connectivity index (χ2v) is 5.36. The van der Waals surface area contributed by atoms with E-state index in [0.29, 0.717) is 11.5 Å². The molecule has 4 nitrogen and oxygen atoms in total. The lowest BCUT2D eigenvalue weighted by molar-refractivity contribution is -0.123. The van der Waals surface area contributed by atoms with Crippen LogP contribution in [0.3, 0.4) is 0 Å². The van der Waals surface area contributed by atoms with Crippen molar-refractivity contribution in [3.8, 4) is 0 Å². The van der Waals surface area contributed by atoms with Gasteiger partial charge in [-0.3, -0.25) is 4.79 Å². The van der Waals surface area contributed by atoms with Crippen LogP contribution in [0, 0.1) is 5.92 Å². The Morgan fingerprint density at radius 3 is 3.06 bits per heavy atom. The van der Waals surface area contributed by atoms with Crippen molar-refractivity contribution in [1.29, 1.82) is 0 Å². The summed E-state index contributed by atoms with van der Waals surface area (Å²) in [5.74, 6) is 0.390. The molecule has 2 unspecified atom stereocenters. The molecule has 1 saturated heterocycles. The maximum Gasteiger partial charge on any atom is 0.257 e. The van der Waals surface area contributed by atoms with E-state index in [1.165, 1.54) is 12.8 Å². The van der Waals surface area contributed by atoms with Crippen molar-refractivity contribution in [2.75, 3.05) is 23.3 Å². The molecule has 3 rings (SSSR count). The number of amides is 1. The molecule has 1 fully saturated rings. The number of nitrogens with one attached hydrogen (secondary N) is 1. The smallest absolute Gasteiger partial charge is 0.257 e. The molecule has 1 amide bonds. The topological polar surface area (TPSA) is 52.6 Å². The van der Waals surface area contributed by atoms with E-state index in [2.05, 4.69) is 17.1 Å². The van der Waals surface area contributed by atoms with Gasteiger partial charge in [0.1, 0.15) is 0 Å². The zero-order chi connectivity index (χ0) is 12.7. The first kappa shape index (κ1) is 11.5. The van der Waals surface area contributed by atoms with Gasteiger partial charge in [-0.05, 0) is 30.9 Å². The van der Waals surface area contributed by atoms with Crippen molar-refractivity contribution < 1.29 is 9.90 Å². The van der Waals surface area contributed by atoms with E-state index in [-0.39, 0.29) is 5.91 Å². The van der Waals surface area contributed by atoms with Crippen molar-refractivity contribution in [2.45, 2.75) is 25.9 Å². The molecule has 0 radical (unpaired) electrons. The monoisotopic (exact) mass is 246 g/mol. The maximum atomic E-state index is 11.4.